The zero-order valence-corrected chi connectivity index (χ0v) is 40.6. The standard InChI is InChI=1S/C27H26F6N2O4.C26H28F6N2O2/c1-15-4-2-3-5-20(15)21-6-7-35(25(38)17-10-23(36)34-24(37)11-17)13-22(21)39-14-16-8-18(26(28,29)30)12-19(9-16)27(31,32)33;1-16-5-2-3-6-20(16)21-8-10-34(24(35)22-7-4-9-33-22)14-23(21)36-15-17-11-18(25(27,28)29)13-19(12-17)26(30,31)32/h2-5,8-9,12,17,21-22H,6-7,10-11,13-14H2,1H3,(H,34,36,37);2-3,5-6,11-13,21-23,33H,4,7-10,14-15H2,1H3/t21-,22-;21-,22?,23-/m00/s1. The van der Waals surface area contributed by atoms with Gasteiger partial charge in [-0.1, -0.05) is 48.5 Å². The maximum absolute atomic E-state index is 13.3. The largest absolute Gasteiger partial charge is 0.416 e. The van der Waals surface area contributed by atoms with Crippen molar-refractivity contribution in [1.29, 1.82) is 0 Å². The number of carbonyl (C=O) groups is 4. The molecule has 75 heavy (non-hydrogen) atoms. The summed E-state index contributed by atoms with van der Waals surface area (Å²) in [6.45, 7) is 4.57. The van der Waals surface area contributed by atoms with E-state index in [-0.39, 0.29) is 79.5 Å². The molecule has 4 amide bonds. The Morgan fingerprint density at radius 2 is 0.947 bits per heavy atom. The van der Waals surface area contributed by atoms with Crippen molar-refractivity contribution >= 4 is 23.6 Å². The van der Waals surface area contributed by atoms with Crippen LogP contribution in [-0.4, -0.2) is 84.4 Å². The summed E-state index contributed by atoms with van der Waals surface area (Å²) in [5, 5.41) is 5.32. The highest BCUT2D eigenvalue weighted by Crippen LogP contribution is 2.40. The minimum Gasteiger partial charge on any atom is -0.371 e. The van der Waals surface area contributed by atoms with Crippen molar-refractivity contribution in [3.05, 3.63) is 141 Å². The van der Waals surface area contributed by atoms with E-state index in [1.807, 2.05) is 62.4 Å². The van der Waals surface area contributed by atoms with Crippen LogP contribution in [0.1, 0.15) is 106 Å². The number of likely N-dealkylation sites (tertiary alicyclic amines) is 2. The fraction of sp³-hybridized carbons (Fsp3) is 0.472. The monoisotopic (exact) mass is 1070 g/mol. The summed E-state index contributed by atoms with van der Waals surface area (Å²) in [5.74, 6) is -2.88. The summed E-state index contributed by atoms with van der Waals surface area (Å²) in [7, 11) is 0. The van der Waals surface area contributed by atoms with Crippen LogP contribution in [0, 0.1) is 19.8 Å². The highest BCUT2D eigenvalue weighted by atomic mass is 19.4. The number of carbonyl (C=O) groups excluding carboxylic acids is 4. The lowest BCUT2D eigenvalue weighted by Gasteiger charge is -2.40. The summed E-state index contributed by atoms with van der Waals surface area (Å²) < 4.78 is 172. The van der Waals surface area contributed by atoms with E-state index in [0.29, 0.717) is 43.7 Å². The van der Waals surface area contributed by atoms with Crippen LogP contribution in [0.15, 0.2) is 84.9 Å². The van der Waals surface area contributed by atoms with Gasteiger partial charge in [-0.15, -0.1) is 0 Å². The molecule has 5 atom stereocenters. The van der Waals surface area contributed by atoms with Crippen molar-refractivity contribution in [2.24, 2.45) is 5.92 Å². The van der Waals surface area contributed by atoms with E-state index in [9.17, 15) is 71.9 Å². The van der Waals surface area contributed by atoms with E-state index >= 15 is 0 Å². The van der Waals surface area contributed by atoms with Gasteiger partial charge in [0.1, 0.15) is 0 Å². The average Bonchev–Trinajstić information content (AvgIpc) is 3.89. The first kappa shape index (κ1) is 56.7. The van der Waals surface area contributed by atoms with E-state index in [4.69, 9.17) is 9.47 Å². The lowest BCUT2D eigenvalue weighted by Crippen LogP contribution is -2.51. The Hall–Kier alpha value is -6.00. The number of aryl methyl sites for hydroxylation is 2. The van der Waals surface area contributed by atoms with Crippen LogP contribution in [0.4, 0.5) is 52.7 Å². The van der Waals surface area contributed by atoms with Crippen molar-refractivity contribution in [3.8, 4) is 0 Å². The molecule has 4 heterocycles. The van der Waals surface area contributed by atoms with Crippen LogP contribution in [0.25, 0.3) is 0 Å². The third-order valence-electron chi connectivity index (χ3n) is 14.0. The lowest BCUT2D eigenvalue weighted by molar-refractivity contribution is -0.148. The third-order valence-corrected chi connectivity index (χ3v) is 14.0. The SMILES string of the molecule is Cc1ccccc1[C@@H]1CCN(C(=O)C2CC(=O)NC(=O)C2)C[C@@H]1OCc1cc(C(F)(F)F)cc(C(F)(F)F)c1.Cc1ccccc1[C@@H]1CCN(C(=O)C2CCCN2)C[C@@H]1OCc1cc(C(F)(F)F)cc(C(F)(F)F)c1. The smallest absolute Gasteiger partial charge is 0.371 e. The summed E-state index contributed by atoms with van der Waals surface area (Å²) >= 11 is 0. The number of hydrogen-bond acceptors (Lipinski definition) is 7. The summed E-state index contributed by atoms with van der Waals surface area (Å²) in [5.41, 5.74) is -2.34. The molecule has 8 rings (SSSR count). The lowest BCUT2D eigenvalue weighted by atomic mass is 9.84. The van der Waals surface area contributed by atoms with E-state index < -0.39 is 96.0 Å². The molecule has 0 aliphatic carbocycles. The Kier molecular flexibility index (Phi) is 17.5. The van der Waals surface area contributed by atoms with Gasteiger partial charge in [0.05, 0.1) is 59.6 Å². The number of rotatable bonds is 10. The minimum absolute atomic E-state index is 0.00473. The molecule has 4 aliphatic heterocycles. The number of nitrogens with zero attached hydrogens (tertiary/aromatic N) is 2. The van der Waals surface area contributed by atoms with Crippen LogP contribution in [-0.2, 0) is 66.6 Å². The summed E-state index contributed by atoms with van der Waals surface area (Å²) in [4.78, 5) is 52.9. The predicted molar refractivity (Wildman–Crippen MR) is 247 cm³/mol. The molecule has 4 aromatic carbocycles. The molecule has 22 heteroatoms. The number of piperidine rings is 3. The fourth-order valence-corrected chi connectivity index (χ4v) is 10.2. The highest BCUT2D eigenvalue weighted by Gasteiger charge is 2.42. The number of ether oxygens (including phenoxy) is 2. The van der Waals surface area contributed by atoms with Gasteiger partial charge in [0, 0.05) is 50.9 Å². The first-order chi connectivity index (χ1) is 35.1. The molecular formula is C53H54F12N4O6. The zero-order valence-electron chi connectivity index (χ0n) is 40.6. The quantitative estimate of drug-likeness (QED) is 0.120. The molecule has 0 spiro atoms. The molecule has 0 saturated carbocycles. The molecule has 0 bridgehead atoms. The molecule has 1 unspecified atom stereocenters. The maximum Gasteiger partial charge on any atom is 0.416 e. The fourth-order valence-electron chi connectivity index (χ4n) is 10.2. The van der Waals surface area contributed by atoms with Gasteiger partial charge in [-0.05, 0) is 116 Å². The molecule has 406 valence electrons. The second-order valence-electron chi connectivity index (χ2n) is 19.3. The second-order valence-corrected chi connectivity index (χ2v) is 19.3. The molecule has 0 radical (unpaired) electrons. The highest BCUT2D eigenvalue weighted by molar-refractivity contribution is 6.02. The van der Waals surface area contributed by atoms with Crippen LogP contribution in [0.5, 0.6) is 0 Å². The van der Waals surface area contributed by atoms with Gasteiger partial charge in [-0.2, -0.15) is 52.7 Å². The number of alkyl halides is 12. The molecule has 0 aromatic heterocycles. The molecule has 4 fully saturated rings. The Balaban J connectivity index is 0.000000219. The van der Waals surface area contributed by atoms with E-state index in [1.54, 1.807) is 4.90 Å². The number of imide groups is 1. The summed E-state index contributed by atoms with van der Waals surface area (Å²) in [6.07, 6.45) is -18.9. The van der Waals surface area contributed by atoms with Crippen molar-refractivity contribution in [2.75, 3.05) is 32.7 Å². The van der Waals surface area contributed by atoms with E-state index in [0.717, 1.165) is 41.6 Å². The number of nitrogens with one attached hydrogen (secondary N) is 2. The summed E-state index contributed by atoms with van der Waals surface area (Å²) in [6, 6.07) is 17.5. The van der Waals surface area contributed by atoms with Crippen LogP contribution in [0.2, 0.25) is 0 Å². The van der Waals surface area contributed by atoms with Crippen LogP contribution < -0.4 is 10.6 Å². The number of amides is 4. The van der Waals surface area contributed by atoms with Gasteiger partial charge in [0.15, 0.2) is 0 Å². The predicted octanol–water partition coefficient (Wildman–Crippen LogP) is 10.7. The first-order valence-corrected chi connectivity index (χ1v) is 24.2. The van der Waals surface area contributed by atoms with Crippen molar-refractivity contribution < 1.29 is 81.3 Å². The number of halogens is 12. The van der Waals surface area contributed by atoms with Gasteiger partial charge in [-0.25, -0.2) is 0 Å². The van der Waals surface area contributed by atoms with Crippen molar-refractivity contribution in [3.63, 3.8) is 0 Å². The van der Waals surface area contributed by atoms with Crippen molar-refractivity contribution in [1.82, 2.24) is 20.4 Å². The first-order valence-electron chi connectivity index (χ1n) is 24.2. The van der Waals surface area contributed by atoms with Gasteiger partial charge < -0.3 is 24.6 Å². The molecule has 2 N–H and O–H groups in total. The van der Waals surface area contributed by atoms with Crippen LogP contribution >= 0.6 is 0 Å². The van der Waals surface area contributed by atoms with Gasteiger partial charge >= 0.3 is 24.7 Å². The topological polar surface area (TPSA) is 117 Å². The van der Waals surface area contributed by atoms with Gasteiger partial charge in [0.25, 0.3) is 0 Å². The molecule has 4 aliphatic rings. The Morgan fingerprint density at radius 3 is 1.31 bits per heavy atom. The molecule has 4 aromatic rings. The third kappa shape index (κ3) is 14.5. The maximum atomic E-state index is 13.3. The Labute approximate surface area is 424 Å². The Bertz CT molecular complexity index is 2620. The van der Waals surface area contributed by atoms with E-state index in [2.05, 4.69) is 10.6 Å². The van der Waals surface area contributed by atoms with Gasteiger partial charge in [0.2, 0.25) is 23.6 Å². The normalized spacial score (nSPS) is 22.1. The number of benzene rings is 4. The average molecular weight is 1070 g/mol. The molecule has 4 saturated heterocycles. The van der Waals surface area contributed by atoms with Gasteiger partial charge in [-0.3, -0.25) is 24.5 Å². The Morgan fingerprint density at radius 1 is 0.560 bits per heavy atom. The zero-order chi connectivity index (χ0) is 54.6. The second kappa shape index (κ2) is 23.1. The molecular weight excluding hydrogens is 1020 g/mol. The minimum atomic E-state index is -4.99. The van der Waals surface area contributed by atoms with Crippen molar-refractivity contribution in [2.45, 2.75) is 120 Å². The molecule has 10 nitrogen and oxygen atoms in total. The van der Waals surface area contributed by atoms with E-state index in [1.165, 1.54) is 4.90 Å². The van der Waals surface area contributed by atoms with Crippen LogP contribution in [0.3, 0.4) is 0 Å². The number of hydrogen-bond donors (Lipinski definition) is 2.